The van der Waals surface area contributed by atoms with E-state index in [9.17, 15) is 18.0 Å². The van der Waals surface area contributed by atoms with Crippen molar-refractivity contribution in [2.45, 2.75) is 4.90 Å². The highest BCUT2D eigenvalue weighted by atomic mass is 32.2. The van der Waals surface area contributed by atoms with E-state index in [2.05, 4.69) is 14.2 Å². The highest BCUT2D eigenvalue weighted by Crippen LogP contribution is 2.23. The third-order valence-electron chi connectivity index (χ3n) is 4.06. The van der Waals surface area contributed by atoms with Crippen LogP contribution in [-0.4, -0.2) is 34.6 Å². The molecular weight excluding hydrogens is 382 g/mol. The number of fused-ring (bicyclic) bond motifs is 1. The molecule has 28 heavy (non-hydrogen) atoms. The molecule has 3 aromatic carbocycles. The highest BCUT2D eigenvalue weighted by molar-refractivity contribution is 7.92. The Morgan fingerprint density at radius 3 is 1.93 bits per heavy atom. The van der Waals surface area contributed by atoms with Crippen LogP contribution < -0.4 is 4.72 Å². The van der Waals surface area contributed by atoms with E-state index in [0.717, 1.165) is 10.8 Å². The lowest BCUT2D eigenvalue weighted by Gasteiger charge is -2.11. The summed E-state index contributed by atoms with van der Waals surface area (Å²) in [5, 5.41) is 1.67. The van der Waals surface area contributed by atoms with E-state index in [4.69, 9.17) is 0 Å². The van der Waals surface area contributed by atoms with Gasteiger partial charge in [-0.15, -0.1) is 0 Å². The van der Waals surface area contributed by atoms with E-state index >= 15 is 0 Å². The van der Waals surface area contributed by atoms with Gasteiger partial charge in [-0.05, 0) is 41.1 Å². The largest absolute Gasteiger partial charge is 0.465 e. The van der Waals surface area contributed by atoms with Crippen molar-refractivity contribution in [3.8, 4) is 0 Å². The highest BCUT2D eigenvalue weighted by Gasteiger charge is 2.19. The normalized spacial score (nSPS) is 11.1. The molecule has 8 heteroatoms. The third-order valence-corrected chi connectivity index (χ3v) is 5.44. The average molecular weight is 399 g/mol. The van der Waals surface area contributed by atoms with E-state index in [-0.39, 0.29) is 21.7 Å². The summed E-state index contributed by atoms with van der Waals surface area (Å²) in [7, 11) is -1.58. The molecule has 7 nitrogen and oxygen atoms in total. The first-order valence-electron chi connectivity index (χ1n) is 8.17. The second-order valence-corrected chi connectivity index (χ2v) is 7.58. The minimum atomic E-state index is -3.96. The van der Waals surface area contributed by atoms with Gasteiger partial charge in [-0.3, -0.25) is 4.72 Å². The van der Waals surface area contributed by atoms with Crippen molar-refractivity contribution in [1.82, 2.24) is 0 Å². The van der Waals surface area contributed by atoms with Gasteiger partial charge in [-0.2, -0.15) is 0 Å². The molecule has 0 radical (unpaired) electrons. The number of ether oxygens (including phenoxy) is 2. The summed E-state index contributed by atoms with van der Waals surface area (Å²) in [4.78, 5) is 23.8. The molecule has 0 aliphatic rings. The number of sulfonamides is 1. The molecule has 0 saturated heterocycles. The van der Waals surface area contributed by atoms with Crippen LogP contribution in [0.15, 0.2) is 65.6 Å². The van der Waals surface area contributed by atoms with E-state index in [0.29, 0.717) is 0 Å². The summed E-state index contributed by atoms with van der Waals surface area (Å²) in [6, 6.07) is 15.9. The lowest BCUT2D eigenvalue weighted by molar-refractivity contribution is 0.0599. The Bertz CT molecular complexity index is 1140. The molecule has 0 bridgehead atoms. The molecule has 0 fully saturated rings. The van der Waals surface area contributed by atoms with Crippen LogP contribution in [0.5, 0.6) is 0 Å². The summed E-state index contributed by atoms with van der Waals surface area (Å²) in [6.07, 6.45) is 0. The average Bonchev–Trinajstić information content (AvgIpc) is 2.71. The van der Waals surface area contributed by atoms with Gasteiger partial charge in [0.1, 0.15) is 0 Å². The molecule has 0 atom stereocenters. The van der Waals surface area contributed by atoms with Gasteiger partial charge in [0, 0.05) is 0 Å². The van der Waals surface area contributed by atoms with Gasteiger partial charge < -0.3 is 9.47 Å². The topological polar surface area (TPSA) is 98.8 Å². The molecule has 0 aliphatic carbocycles. The Morgan fingerprint density at radius 2 is 1.36 bits per heavy atom. The standard InChI is InChI=1S/C20H17NO6S/c1-26-19(22)15-9-16(20(23)27-2)11-17(10-15)21-28(24,25)18-8-7-13-5-3-4-6-14(13)12-18/h3-12,21H,1-2H3. The third kappa shape index (κ3) is 3.96. The maximum absolute atomic E-state index is 12.8. The maximum Gasteiger partial charge on any atom is 0.337 e. The van der Waals surface area contributed by atoms with Crippen LogP contribution in [0.3, 0.4) is 0 Å². The first kappa shape index (κ1) is 19.4. The Labute approximate surface area is 161 Å². The number of nitrogens with one attached hydrogen (secondary N) is 1. The van der Waals surface area contributed by atoms with Crippen LogP contribution >= 0.6 is 0 Å². The van der Waals surface area contributed by atoms with Crippen molar-refractivity contribution in [1.29, 1.82) is 0 Å². The van der Waals surface area contributed by atoms with Gasteiger partial charge in [0.15, 0.2) is 0 Å². The lowest BCUT2D eigenvalue weighted by Crippen LogP contribution is -2.15. The number of rotatable bonds is 5. The van der Waals surface area contributed by atoms with Crippen LogP contribution in [-0.2, 0) is 19.5 Å². The van der Waals surface area contributed by atoms with Gasteiger partial charge in [-0.1, -0.05) is 30.3 Å². The Morgan fingerprint density at radius 1 is 0.786 bits per heavy atom. The predicted octanol–water partition coefficient (Wildman–Crippen LogP) is 3.21. The fraction of sp³-hybridized carbons (Fsp3) is 0.100. The zero-order chi connectivity index (χ0) is 20.3. The second-order valence-electron chi connectivity index (χ2n) is 5.90. The molecule has 3 rings (SSSR count). The number of hydrogen-bond donors (Lipinski definition) is 1. The fourth-order valence-electron chi connectivity index (χ4n) is 2.71. The van der Waals surface area contributed by atoms with Crippen LogP contribution in [0.2, 0.25) is 0 Å². The Kier molecular flexibility index (Phi) is 5.32. The summed E-state index contributed by atoms with van der Waals surface area (Å²) < 4.78 is 37.3. The smallest absolute Gasteiger partial charge is 0.337 e. The lowest BCUT2D eigenvalue weighted by atomic mass is 10.1. The molecule has 0 heterocycles. The predicted molar refractivity (Wildman–Crippen MR) is 104 cm³/mol. The number of benzene rings is 3. The zero-order valence-electron chi connectivity index (χ0n) is 15.1. The Hall–Kier alpha value is -3.39. The van der Waals surface area contributed by atoms with Crippen LogP contribution in [0, 0.1) is 0 Å². The van der Waals surface area contributed by atoms with Crippen molar-refractivity contribution >= 4 is 38.4 Å². The number of carbonyl (C=O) groups excluding carboxylic acids is 2. The summed E-state index contributed by atoms with van der Waals surface area (Å²) in [6.45, 7) is 0. The first-order valence-corrected chi connectivity index (χ1v) is 9.66. The number of esters is 2. The van der Waals surface area contributed by atoms with Crippen molar-refractivity contribution in [3.05, 3.63) is 71.8 Å². The van der Waals surface area contributed by atoms with E-state index < -0.39 is 22.0 Å². The van der Waals surface area contributed by atoms with Gasteiger partial charge in [0.05, 0.1) is 35.9 Å². The summed E-state index contributed by atoms with van der Waals surface area (Å²) >= 11 is 0. The van der Waals surface area contributed by atoms with Crippen molar-refractivity contribution in [2.75, 3.05) is 18.9 Å². The van der Waals surface area contributed by atoms with Crippen LogP contribution in [0.25, 0.3) is 10.8 Å². The van der Waals surface area contributed by atoms with Gasteiger partial charge >= 0.3 is 11.9 Å². The van der Waals surface area contributed by atoms with Gasteiger partial charge in [-0.25, -0.2) is 18.0 Å². The van der Waals surface area contributed by atoms with E-state index in [1.54, 1.807) is 12.1 Å². The molecule has 1 N–H and O–H groups in total. The molecule has 0 spiro atoms. The Balaban J connectivity index is 2.02. The van der Waals surface area contributed by atoms with Gasteiger partial charge in [0.2, 0.25) is 0 Å². The SMILES string of the molecule is COC(=O)c1cc(NS(=O)(=O)c2ccc3ccccc3c2)cc(C(=O)OC)c1. The molecule has 144 valence electrons. The second kappa shape index (κ2) is 7.69. The minimum absolute atomic E-state index is 0.0154. The van der Waals surface area contributed by atoms with Crippen molar-refractivity contribution in [3.63, 3.8) is 0 Å². The molecule has 0 unspecified atom stereocenters. The van der Waals surface area contributed by atoms with Crippen molar-refractivity contribution in [2.24, 2.45) is 0 Å². The number of hydrogen-bond acceptors (Lipinski definition) is 6. The van der Waals surface area contributed by atoms with Crippen LogP contribution in [0.4, 0.5) is 5.69 Å². The number of methoxy groups -OCH3 is 2. The monoisotopic (exact) mass is 399 g/mol. The first-order chi connectivity index (χ1) is 13.3. The number of carbonyl (C=O) groups is 2. The van der Waals surface area contributed by atoms with Crippen LogP contribution in [0.1, 0.15) is 20.7 Å². The van der Waals surface area contributed by atoms with Gasteiger partial charge in [0.25, 0.3) is 10.0 Å². The molecular formula is C20H17NO6S. The summed E-state index contributed by atoms with van der Waals surface area (Å²) in [5.74, 6) is -1.42. The molecule has 0 aromatic heterocycles. The quantitative estimate of drug-likeness (QED) is 0.662. The molecule has 0 aliphatic heterocycles. The molecule has 0 amide bonds. The van der Waals surface area contributed by atoms with E-state index in [1.807, 2.05) is 24.3 Å². The maximum atomic E-state index is 12.8. The summed E-state index contributed by atoms with van der Waals surface area (Å²) in [5.41, 5.74) is 0.0691. The molecule has 3 aromatic rings. The zero-order valence-corrected chi connectivity index (χ0v) is 15.9. The van der Waals surface area contributed by atoms with E-state index in [1.165, 1.54) is 38.5 Å². The minimum Gasteiger partial charge on any atom is -0.465 e. The van der Waals surface area contributed by atoms with Crippen molar-refractivity contribution < 1.29 is 27.5 Å². The fourth-order valence-corrected chi connectivity index (χ4v) is 3.78. The number of anilines is 1. The molecule has 0 saturated carbocycles.